The fourth-order valence-corrected chi connectivity index (χ4v) is 5.38. The van der Waals surface area contributed by atoms with Crippen molar-refractivity contribution in [1.29, 1.82) is 0 Å². The monoisotopic (exact) mass is 609 g/mol. The van der Waals surface area contributed by atoms with Crippen LogP contribution in [0.4, 0.5) is 17.1 Å². The first-order valence-corrected chi connectivity index (χ1v) is 13.9. The van der Waals surface area contributed by atoms with Crippen molar-refractivity contribution in [3.8, 4) is 11.5 Å². The second-order valence-electron chi connectivity index (χ2n) is 8.32. The maximum absolute atomic E-state index is 13.5. The van der Waals surface area contributed by atoms with Crippen LogP contribution < -0.4 is 44.7 Å². The summed E-state index contributed by atoms with van der Waals surface area (Å²) in [7, 11) is -4.59. The first-order chi connectivity index (χ1) is 18.5. The minimum atomic E-state index is -4.59. The van der Waals surface area contributed by atoms with Gasteiger partial charge in [0, 0.05) is 38.3 Å². The summed E-state index contributed by atoms with van der Waals surface area (Å²) < 4.78 is 38.9. The molecule has 0 heterocycles. The Hall–Kier alpha value is -2.70. The average Bonchev–Trinajstić information content (AvgIpc) is 2.86. The van der Waals surface area contributed by atoms with Crippen LogP contribution in [0.1, 0.15) is 29.8 Å². The van der Waals surface area contributed by atoms with Crippen molar-refractivity contribution in [3.05, 3.63) is 81.8 Å². The molecule has 40 heavy (non-hydrogen) atoms. The molecule has 0 aliphatic heterocycles. The SMILES string of the molecule is CCOc1cc(Cl)cc(NC(=O)c2cc3ccccc3c(N=Nc3cc(Cl)cc(S(=O)(=O)O)c3CC)c2[O-])c1.[Na+]. The summed E-state index contributed by atoms with van der Waals surface area (Å²) in [5, 5.41) is 25.7. The molecule has 4 rings (SSSR count). The molecule has 0 aliphatic carbocycles. The van der Waals surface area contributed by atoms with E-state index in [9.17, 15) is 22.9 Å². The van der Waals surface area contributed by atoms with Gasteiger partial charge in [0.2, 0.25) is 0 Å². The molecule has 1 amide bonds. The van der Waals surface area contributed by atoms with E-state index in [4.69, 9.17) is 27.9 Å². The number of hydrogen-bond donors (Lipinski definition) is 2. The van der Waals surface area contributed by atoms with Crippen molar-refractivity contribution in [1.82, 2.24) is 0 Å². The Morgan fingerprint density at radius 2 is 1.73 bits per heavy atom. The number of hydrogen-bond acceptors (Lipinski definition) is 7. The fourth-order valence-electron chi connectivity index (χ4n) is 4.04. The Bertz CT molecular complexity index is 1730. The maximum atomic E-state index is 13.5. The van der Waals surface area contributed by atoms with Crippen LogP contribution >= 0.6 is 23.2 Å². The minimum absolute atomic E-state index is 0. The van der Waals surface area contributed by atoms with Crippen LogP contribution in [0.15, 0.2) is 75.8 Å². The molecule has 0 radical (unpaired) electrons. The number of rotatable bonds is 8. The van der Waals surface area contributed by atoms with Crippen molar-refractivity contribution >= 4 is 67.1 Å². The Labute approximate surface area is 263 Å². The quantitative estimate of drug-likeness (QED) is 0.175. The summed E-state index contributed by atoms with van der Waals surface area (Å²) in [6.07, 6.45) is 0.178. The maximum Gasteiger partial charge on any atom is 1.00 e. The van der Waals surface area contributed by atoms with Gasteiger partial charge in [-0.05, 0) is 49.1 Å². The molecule has 0 bridgehead atoms. The third kappa shape index (κ3) is 7.13. The number of anilines is 1. The summed E-state index contributed by atoms with van der Waals surface area (Å²) in [4.78, 5) is 12.8. The number of ether oxygens (including phenoxy) is 1. The van der Waals surface area contributed by atoms with E-state index in [-0.39, 0.29) is 63.5 Å². The zero-order chi connectivity index (χ0) is 28.3. The van der Waals surface area contributed by atoms with Gasteiger partial charge in [-0.25, -0.2) is 0 Å². The number of nitrogens with zero attached hydrogens (tertiary/aromatic N) is 2. The van der Waals surface area contributed by atoms with Crippen LogP contribution in [0.2, 0.25) is 10.0 Å². The van der Waals surface area contributed by atoms with Crippen LogP contribution in [0, 0.1) is 0 Å². The van der Waals surface area contributed by atoms with Gasteiger partial charge in [-0.3, -0.25) is 9.35 Å². The predicted molar refractivity (Wildman–Crippen MR) is 149 cm³/mol. The van der Waals surface area contributed by atoms with E-state index in [2.05, 4.69) is 15.5 Å². The molecule has 0 atom stereocenters. The van der Waals surface area contributed by atoms with Gasteiger partial charge < -0.3 is 15.2 Å². The molecule has 0 spiro atoms. The first-order valence-electron chi connectivity index (χ1n) is 11.7. The molecule has 0 unspecified atom stereocenters. The molecule has 0 saturated heterocycles. The number of carbonyl (C=O) groups excluding carboxylic acids is 1. The van der Waals surface area contributed by atoms with Gasteiger partial charge >= 0.3 is 29.6 Å². The van der Waals surface area contributed by atoms with Crippen molar-refractivity contribution in [3.63, 3.8) is 0 Å². The zero-order valence-electron chi connectivity index (χ0n) is 21.7. The Morgan fingerprint density at radius 1 is 1.02 bits per heavy atom. The molecule has 4 aromatic rings. The Kier molecular flexibility index (Phi) is 10.6. The van der Waals surface area contributed by atoms with Crippen LogP contribution in [-0.4, -0.2) is 25.5 Å². The molecular weight excluding hydrogens is 588 g/mol. The smallest absolute Gasteiger partial charge is 0.870 e. The number of carbonyl (C=O) groups is 1. The molecular formula is C27H22Cl2N3NaO6S. The van der Waals surface area contributed by atoms with E-state index in [0.29, 0.717) is 33.8 Å². The van der Waals surface area contributed by atoms with Crippen molar-refractivity contribution < 1.29 is 57.2 Å². The average molecular weight is 610 g/mol. The topological polar surface area (TPSA) is 140 Å². The molecule has 13 heteroatoms. The van der Waals surface area contributed by atoms with Gasteiger partial charge in [-0.15, -0.1) is 0 Å². The van der Waals surface area contributed by atoms with E-state index in [1.165, 1.54) is 18.2 Å². The number of fused-ring (bicyclic) bond motifs is 1. The van der Waals surface area contributed by atoms with Gasteiger partial charge in [0.05, 0.1) is 18.0 Å². The molecule has 202 valence electrons. The minimum Gasteiger partial charge on any atom is -0.870 e. The molecule has 0 aliphatic rings. The zero-order valence-corrected chi connectivity index (χ0v) is 26.1. The van der Waals surface area contributed by atoms with Gasteiger partial charge in [-0.2, -0.15) is 18.6 Å². The van der Waals surface area contributed by atoms with Crippen LogP contribution in [0.3, 0.4) is 0 Å². The third-order valence-electron chi connectivity index (χ3n) is 5.70. The Balaban J connectivity index is 0.00000441. The van der Waals surface area contributed by atoms with Crippen LogP contribution in [-0.2, 0) is 16.5 Å². The summed E-state index contributed by atoms with van der Waals surface area (Å²) in [6.45, 7) is 3.88. The summed E-state index contributed by atoms with van der Waals surface area (Å²) in [6, 6.07) is 15.4. The number of azo groups is 1. The number of halogens is 2. The van der Waals surface area contributed by atoms with E-state index < -0.39 is 26.7 Å². The van der Waals surface area contributed by atoms with E-state index in [1.807, 2.05) is 6.92 Å². The van der Waals surface area contributed by atoms with Crippen LogP contribution in [0.25, 0.3) is 10.8 Å². The van der Waals surface area contributed by atoms with E-state index >= 15 is 0 Å². The summed E-state index contributed by atoms with van der Waals surface area (Å²) in [5.74, 6) is -0.942. The first kappa shape index (κ1) is 31.8. The van der Waals surface area contributed by atoms with Gasteiger partial charge in [0.1, 0.15) is 10.6 Å². The molecule has 4 aromatic carbocycles. The number of amides is 1. The summed E-state index contributed by atoms with van der Waals surface area (Å²) in [5.41, 5.74) is 0.229. The Morgan fingerprint density at radius 3 is 2.40 bits per heavy atom. The van der Waals surface area contributed by atoms with Gasteiger partial charge in [-0.1, -0.05) is 60.1 Å². The number of benzene rings is 4. The standard InChI is InChI=1S/C27H23Cl2N3O6S.Na/c1-3-20-23(12-17(29)13-24(20)39(35,36)37)31-32-25-21-8-6-5-7-15(21)9-22(26(25)33)27(34)30-18-10-16(28)11-19(14-18)38-4-2;/h5-14,33H,3-4H2,1-2H3,(H,30,34)(H,35,36,37);/q;+1/p-1. The van der Waals surface area contributed by atoms with Crippen molar-refractivity contribution in [2.75, 3.05) is 11.9 Å². The fraction of sp³-hybridized carbons (Fsp3) is 0.148. The third-order valence-corrected chi connectivity index (χ3v) is 7.06. The second kappa shape index (κ2) is 13.3. The van der Waals surface area contributed by atoms with Crippen molar-refractivity contribution in [2.45, 2.75) is 25.2 Å². The summed E-state index contributed by atoms with van der Waals surface area (Å²) >= 11 is 12.2. The predicted octanol–water partition coefficient (Wildman–Crippen LogP) is 4.10. The largest absolute Gasteiger partial charge is 1.00 e. The molecule has 2 N–H and O–H groups in total. The molecule has 0 fully saturated rings. The normalized spacial score (nSPS) is 11.4. The van der Waals surface area contributed by atoms with Crippen LogP contribution in [0.5, 0.6) is 11.5 Å². The van der Waals surface area contributed by atoms with E-state index in [0.717, 1.165) is 6.07 Å². The van der Waals surface area contributed by atoms with Gasteiger partial charge in [0.25, 0.3) is 16.0 Å². The van der Waals surface area contributed by atoms with Crippen molar-refractivity contribution in [2.24, 2.45) is 10.2 Å². The molecule has 0 saturated carbocycles. The number of nitrogens with one attached hydrogen (secondary N) is 1. The second-order valence-corrected chi connectivity index (χ2v) is 10.6. The van der Waals surface area contributed by atoms with Gasteiger partial charge in [0.15, 0.2) is 0 Å². The molecule has 0 aromatic heterocycles. The van der Waals surface area contributed by atoms with E-state index in [1.54, 1.807) is 43.3 Å². The molecule has 9 nitrogen and oxygen atoms in total.